The number of hydrogen-bond donors (Lipinski definition) is 0. The first-order valence-electron chi connectivity index (χ1n) is 6.12. The van der Waals surface area contributed by atoms with Crippen LogP contribution in [0.2, 0.25) is 0 Å². The molecule has 0 aliphatic rings. The number of methoxy groups -OCH3 is 2. The third kappa shape index (κ3) is 3.57. The second-order valence-corrected chi connectivity index (χ2v) is 3.93. The van der Waals surface area contributed by atoms with E-state index >= 15 is 0 Å². The molecule has 0 spiro atoms. The monoisotopic (exact) mass is 262 g/mol. The largest absolute Gasteiger partial charge is 0.497 e. The van der Waals surface area contributed by atoms with Crippen LogP contribution in [0.15, 0.2) is 48.5 Å². The Morgan fingerprint density at radius 3 is 2.15 bits per heavy atom. The van der Waals surface area contributed by atoms with Crippen molar-refractivity contribution in [1.82, 2.24) is 0 Å². The topological polar surface area (TPSA) is 18.5 Å². The van der Waals surface area contributed by atoms with E-state index in [4.69, 9.17) is 9.47 Å². The Labute approximate surface area is 119 Å². The van der Waals surface area contributed by atoms with E-state index in [9.17, 15) is 0 Å². The van der Waals surface area contributed by atoms with Gasteiger partial charge in [-0.2, -0.15) is 0 Å². The van der Waals surface area contributed by atoms with Crippen LogP contribution in [0.4, 0.5) is 0 Å². The summed E-state index contributed by atoms with van der Waals surface area (Å²) in [5.74, 6) is 13.2. The quantitative estimate of drug-likeness (QED) is 0.774. The molecule has 2 aromatic carbocycles. The zero-order chi connectivity index (χ0) is 14.2. The van der Waals surface area contributed by atoms with Crippen molar-refractivity contribution in [2.45, 2.75) is 0 Å². The molecular weight excluding hydrogens is 248 g/mol. The molecule has 0 saturated heterocycles. The number of para-hydroxylation sites is 1. The first kappa shape index (κ1) is 13.6. The van der Waals surface area contributed by atoms with Gasteiger partial charge in [0.05, 0.1) is 19.8 Å². The first-order valence-corrected chi connectivity index (χ1v) is 6.12. The van der Waals surface area contributed by atoms with Crippen molar-refractivity contribution in [1.29, 1.82) is 0 Å². The Bertz CT molecular complexity index is 692. The lowest BCUT2D eigenvalue weighted by Crippen LogP contribution is -1.86. The second-order valence-electron chi connectivity index (χ2n) is 3.93. The van der Waals surface area contributed by atoms with E-state index in [0.717, 1.165) is 22.6 Å². The molecule has 0 saturated carbocycles. The van der Waals surface area contributed by atoms with Crippen LogP contribution in [0.25, 0.3) is 0 Å². The summed E-state index contributed by atoms with van der Waals surface area (Å²) < 4.78 is 10.3. The molecule has 0 heterocycles. The normalized spacial score (nSPS) is 8.70. The summed E-state index contributed by atoms with van der Waals surface area (Å²) >= 11 is 0. The molecule has 20 heavy (non-hydrogen) atoms. The number of benzene rings is 2. The van der Waals surface area contributed by atoms with Gasteiger partial charge in [0.2, 0.25) is 0 Å². The summed E-state index contributed by atoms with van der Waals surface area (Å²) in [5, 5.41) is 0. The van der Waals surface area contributed by atoms with Crippen LogP contribution in [0.5, 0.6) is 11.5 Å². The average Bonchev–Trinajstić information content (AvgIpc) is 2.52. The van der Waals surface area contributed by atoms with Crippen molar-refractivity contribution >= 4 is 0 Å². The van der Waals surface area contributed by atoms with Crippen molar-refractivity contribution in [2.24, 2.45) is 0 Å². The van der Waals surface area contributed by atoms with Crippen molar-refractivity contribution in [3.63, 3.8) is 0 Å². The standard InChI is InChI=1S/C18H14O2/c1-19-17-13-11-15(12-14-17)7-3-4-8-16-9-5-6-10-18(16)20-2/h5-6,9-14H,1-2H3. The Morgan fingerprint density at radius 1 is 0.750 bits per heavy atom. The summed E-state index contributed by atoms with van der Waals surface area (Å²) in [5.41, 5.74) is 1.74. The van der Waals surface area contributed by atoms with E-state index < -0.39 is 0 Å². The zero-order valence-electron chi connectivity index (χ0n) is 11.4. The number of hydrogen-bond acceptors (Lipinski definition) is 2. The smallest absolute Gasteiger partial charge is 0.134 e. The SMILES string of the molecule is COc1ccc(C#CC#Cc2ccccc2OC)cc1. The van der Waals surface area contributed by atoms with Gasteiger partial charge in [-0.15, -0.1) is 0 Å². The highest BCUT2D eigenvalue weighted by Crippen LogP contribution is 2.15. The highest BCUT2D eigenvalue weighted by Gasteiger charge is 1.95. The van der Waals surface area contributed by atoms with Crippen LogP contribution in [0.3, 0.4) is 0 Å². The zero-order valence-corrected chi connectivity index (χ0v) is 11.4. The summed E-state index contributed by atoms with van der Waals surface area (Å²) in [6, 6.07) is 15.2. The highest BCUT2D eigenvalue weighted by molar-refractivity contribution is 5.50. The number of rotatable bonds is 2. The van der Waals surface area contributed by atoms with Gasteiger partial charge in [0, 0.05) is 5.56 Å². The maximum Gasteiger partial charge on any atom is 0.134 e. The molecule has 2 aromatic rings. The minimum Gasteiger partial charge on any atom is -0.497 e. The van der Waals surface area contributed by atoms with Crippen molar-refractivity contribution in [3.05, 3.63) is 59.7 Å². The minimum absolute atomic E-state index is 0.756. The van der Waals surface area contributed by atoms with Gasteiger partial charge in [-0.3, -0.25) is 0 Å². The second kappa shape index (κ2) is 6.92. The van der Waals surface area contributed by atoms with Gasteiger partial charge in [-0.25, -0.2) is 0 Å². The van der Waals surface area contributed by atoms with Crippen LogP contribution in [-0.4, -0.2) is 14.2 Å². The molecule has 0 atom stereocenters. The summed E-state index contributed by atoms with van der Waals surface area (Å²) in [6.07, 6.45) is 0. The fourth-order valence-corrected chi connectivity index (χ4v) is 1.62. The van der Waals surface area contributed by atoms with E-state index in [1.54, 1.807) is 14.2 Å². The van der Waals surface area contributed by atoms with Crippen molar-refractivity contribution in [2.75, 3.05) is 14.2 Å². The van der Waals surface area contributed by atoms with Crippen LogP contribution in [-0.2, 0) is 0 Å². The van der Waals surface area contributed by atoms with Gasteiger partial charge < -0.3 is 9.47 Å². The van der Waals surface area contributed by atoms with Gasteiger partial charge in [0.15, 0.2) is 0 Å². The van der Waals surface area contributed by atoms with Crippen LogP contribution in [0, 0.1) is 23.7 Å². The Morgan fingerprint density at radius 2 is 1.45 bits per heavy atom. The molecule has 98 valence electrons. The molecule has 2 heteroatoms. The Balaban J connectivity index is 2.13. The maximum absolute atomic E-state index is 5.22. The molecule has 0 amide bonds. The fourth-order valence-electron chi connectivity index (χ4n) is 1.62. The fraction of sp³-hybridized carbons (Fsp3) is 0.111. The van der Waals surface area contributed by atoms with Crippen LogP contribution in [0.1, 0.15) is 11.1 Å². The molecule has 2 rings (SSSR count). The predicted octanol–water partition coefficient (Wildman–Crippen LogP) is 3.11. The van der Waals surface area contributed by atoms with E-state index in [-0.39, 0.29) is 0 Å². The Kier molecular flexibility index (Phi) is 4.70. The van der Waals surface area contributed by atoms with Crippen LogP contribution < -0.4 is 9.47 Å². The molecule has 0 N–H and O–H groups in total. The highest BCUT2D eigenvalue weighted by atomic mass is 16.5. The first-order chi connectivity index (χ1) is 9.83. The molecule has 0 aliphatic heterocycles. The number of ether oxygens (including phenoxy) is 2. The average molecular weight is 262 g/mol. The molecule has 0 radical (unpaired) electrons. The third-order valence-electron chi connectivity index (χ3n) is 2.66. The molecule has 0 fully saturated rings. The Hall–Kier alpha value is -2.84. The summed E-state index contributed by atoms with van der Waals surface area (Å²) in [4.78, 5) is 0. The third-order valence-corrected chi connectivity index (χ3v) is 2.66. The molecule has 0 bridgehead atoms. The summed E-state index contributed by atoms with van der Waals surface area (Å²) in [6.45, 7) is 0. The molecular formula is C18H14O2. The van der Waals surface area contributed by atoms with Gasteiger partial charge in [0.1, 0.15) is 11.5 Å². The summed E-state index contributed by atoms with van der Waals surface area (Å²) in [7, 11) is 3.27. The lowest BCUT2D eigenvalue weighted by molar-refractivity contribution is 0.413. The van der Waals surface area contributed by atoms with Gasteiger partial charge >= 0.3 is 0 Å². The van der Waals surface area contributed by atoms with Gasteiger partial charge in [-0.1, -0.05) is 18.1 Å². The predicted molar refractivity (Wildman–Crippen MR) is 79.7 cm³/mol. The molecule has 0 unspecified atom stereocenters. The lowest BCUT2D eigenvalue weighted by Gasteiger charge is -2.00. The molecule has 0 aromatic heterocycles. The van der Waals surface area contributed by atoms with Crippen LogP contribution >= 0.6 is 0 Å². The van der Waals surface area contributed by atoms with Gasteiger partial charge in [0.25, 0.3) is 0 Å². The van der Waals surface area contributed by atoms with E-state index in [2.05, 4.69) is 23.7 Å². The lowest BCUT2D eigenvalue weighted by atomic mass is 10.2. The minimum atomic E-state index is 0.756. The van der Waals surface area contributed by atoms with Gasteiger partial charge in [-0.05, 0) is 54.2 Å². The molecule has 0 aliphatic carbocycles. The van der Waals surface area contributed by atoms with Crippen molar-refractivity contribution in [3.8, 4) is 35.2 Å². The van der Waals surface area contributed by atoms with E-state index in [0.29, 0.717) is 0 Å². The van der Waals surface area contributed by atoms with E-state index in [1.165, 1.54) is 0 Å². The maximum atomic E-state index is 5.22. The van der Waals surface area contributed by atoms with Crippen molar-refractivity contribution < 1.29 is 9.47 Å². The molecule has 2 nitrogen and oxygen atoms in total. The van der Waals surface area contributed by atoms with E-state index in [1.807, 2.05) is 48.5 Å².